The minimum Gasteiger partial charge on any atom is -0.373 e. The van der Waals surface area contributed by atoms with Crippen LogP contribution in [-0.4, -0.2) is 12.7 Å². The molecule has 1 aliphatic heterocycles. The van der Waals surface area contributed by atoms with Gasteiger partial charge in [-0.1, -0.05) is 12.1 Å². The Morgan fingerprint density at radius 3 is 3.00 bits per heavy atom. The molecule has 0 N–H and O–H groups in total. The van der Waals surface area contributed by atoms with Crippen LogP contribution in [0.2, 0.25) is 0 Å². The lowest BCUT2D eigenvalue weighted by atomic mass is 10.0. The molecule has 2 heteroatoms. The Morgan fingerprint density at radius 2 is 2.33 bits per heavy atom. The third-order valence-corrected chi connectivity index (χ3v) is 2.23. The van der Waals surface area contributed by atoms with Crippen molar-refractivity contribution < 1.29 is 9.13 Å². The molecular weight excluding hydrogens is 155 g/mol. The molecule has 1 fully saturated rings. The number of ether oxygens (including phenoxy) is 1. The van der Waals surface area contributed by atoms with E-state index in [-0.39, 0.29) is 5.82 Å². The molecule has 0 bridgehead atoms. The van der Waals surface area contributed by atoms with Gasteiger partial charge in [-0.15, -0.1) is 0 Å². The summed E-state index contributed by atoms with van der Waals surface area (Å²) in [5.74, 6) is -0.117. The van der Waals surface area contributed by atoms with Gasteiger partial charge >= 0.3 is 0 Å². The Hall–Kier alpha value is -0.890. The van der Waals surface area contributed by atoms with Crippen molar-refractivity contribution in [1.82, 2.24) is 0 Å². The van der Waals surface area contributed by atoms with Crippen molar-refractivity contribution in [2.45, 2.75) is 19.4 Å². The zero-order valence-corrected chi connectivity index (χ0v) is 7.01. The number of benzene rings is 1. The standard InChI is InChI=1S/C10H11FO/c1-7-8(5-9-6-12-9)3-2-4-10(7)11/h2-4,9H,5-6H2,1H3. The molecule has 1 saturated heterocycles. The highest BCUT2D eigenvalue weighted by Gasteiger charge is 2.23. The minimum absolute atomic E-state index is 0.117. The molecule has 0 aliphatic carbocycles. The van der Waals surface area contributed by atoms with E-state index in [0.29, 0.717) is 6.10 Å². The van der Waals surface area contributed by atoms with Crippen molar-refractivity contribution in [3.05, 3.63) is 35.1 Å². The molecule has 0 radical (unpaired) electrons. The number of epoxide rings is 1. The second kappa shape index (κ2) is 2.87. The Bertz CT molecular complexity index is 292. The molecule has 1 heterocycles. The summed E-state index contributed by atoms with van der Waals surface area (Å²) in [7, 11) is 0. The topological polar surface area (TPSA) is 12.5 Å². The minimum atomic E-state index is -0.117. The lowest BCUT2D eigenvalue weighted by molar-refractivity contribution is 0.407. The van der Waals surface area contributed by atoms with Crippen LogP contribution in [0, 0.1) is 12.7 Å². The third-order valence-electron chi connectivity index (χ3n) is 2.23. The van der Waals surface area contributed by atoms with Gasteiger partial charge in [-0.2, -0.15) is 0 Å². The van der Waals surface area contributed by atoms with E-state index < -0.39 is 0 Å². The van der Waals surface area contributed by atoms with E-state index in [2.05, 4.69) is 0 Å². The number of rotatable bonds is 2. The Labute approximate surface area is 71.2 Å². The second-order valence-corrected chi connectivity index (χ2v) is 3.18. The monoisotopic (exact) mass is 166 g/mol. The molecule has 1 aliphatic rings. The normalized spacial score (nSPS) is 21.0. The zero-order chi connectivity index (χ0) is 8.55. The Morgan fingerprint density at radius 1 is 1.58 bits per heavy atom. The molecule has 12 heavy (non-hydrogen) atoms. The van der Waals surface area contributed by atoms with Crippen molar-refractivity contribution in [3.8, 4) is 0 Å². The summed E-state index contributed by atoms with van der Waals surface area (Å²) in [5, 5.41) is 0. The van der Waals surface area contributed by atoms with E-state index in [4.69, 9.17) is 4.74 Å². The lowest BCUT2D eigenvalue weighted by Crippen LogP contribution is -1.97. The van der Waals surface area contributed by atoms with Gasteiger partial charge in [0, 0.05) is 6.42 Å². The van der Waals surface area contributed by atoms with E-state index >= 15 is 0 Å². The molecular formula is C10H11FO. The first kappa shape index (κ1) is 7.74. The van der Waals surface area contributed by atoms with Crippen LogP contribution in [0.25, 0.3) is 0 Å². The van der Waals surface area contributed by atoms with Crippen molar-refractivity contribution >= 4 is 0 Å². The third kappa shape index (κ3) is 1.48. The summed E-state index contributed by atoms with van der Waals surface area (Å²) >= 11 is 0. The van der Waals surface area contributed by atoms with Gasteiger partial charge in [-0.3, -0.25) is 0 Å². The van der Waals surface area contributed by atoms with Crippen molar-refractivity contribution in [1.29, 1.82) is 0 Å². The fourth-order valence-corrected chi connectivity index (χ4v) is 1.30. The van der Waals surface area contributed by atoms with E-state index in [1.165, 1.54) is 6.07 Å². The van der Waals surface area contributed by atoms with Crippen molar-refractivity contribution in [2.75, 3.05) is 6.61 Å². The molecule has 2 rings (SSSR count). The van der Waals surface area contributed by atoms with Gasteiger partial charge in [0.1, 0.15) is 5.82 Å². The first-order valence-electron chi connectivity index (χ1n) is 4.13. The summed E-state index contributed by atoms with van der Waals surface area (Å²) < 4.78 is 18.1. The van der Waals surface area contributed by atoms with Crippen molar-refractivity contribution in [3.63, 3.8) is 0 Å². The van der Waals surface area contributed by atoms with E-state index in [1.807, 2.05) is 13.0 Å². The van der Waals surface area contributed by atoms with Crippen LogP contribution >= 0.6 is 0 Å². The van der Waals surface area contributed by atoms with E-state index in [0.717, 1.165) is 24.2 Å². The fraction of sp³-hybridized carbons (Fsp3) is 0.400. The van der Waals surface area contributed by atoms with Crippen LogP contribution in [0.4, 0.5) is 4.39 Å². The van der Waals surface area contributed by atoms with E-state index in [9.17, 15) is 4.39 Å². The molecule has 1 atom stereocenters. The maximum Gasteiger partial charge on any atom is 0.126 e. The molecule has 64 valence electrons. The summed E-state index contributed by atoms with van der Waals surface area (Å²) in [6.45, 7) is 2.64. The average Bonchev–Trinajstić information content (AvgIpc) is 2.83. The van der Waals surface area contributed by atoms with Crippen LogP contribution in [0.1, 0.15) is 11.1 Å². The predicted octanol–water partition coefficient (Wildman–Crippen LogP) is 2.08. The largest absolute Gasteiger partial charge is 0.373 e. The SMILES string of the molecule is Cc1c(F)cccc1CC1CO1. The number of hydrogen-bond acceptors (Lipinski definition) is 1. The number of hydrogen-bond donors (Lipinski definition) is 0. The molecule has 0 amide bonds. The summed E-state index contributed by atoms with van der Waals surface area (Å²) in [6.07, 6.45) is 1.19. The molecule has 0 saturated carbocycles. The molecule has 1 nitrogen and oxygen atoms in total. The van der Waals surface area contributed by atoms with Crippen molar-refractivity contribution in [2.24, 2.45) is 0 Å². The van der Waals surface area contributed by atoms with Gasteiger partial charge in [0.2, 0.25) is 0 Å². The first-order chi connectivity index (χ1) is 5.77. The molecule has 1 aromatic carbocycles. The Kier molecular flexibility index (Phi) is 1.85. The summed E-state index contributed by atoms with van der Waals surface area (Å²) in [4.78, 5) is 0. The van der Waals surface area contributed by atoms with Gasteiger partial charge in [0.25, 0.3) is 0 Å². The lowest BCUT2D eigenvalue weighted by Gasteiger charge is -2.03. The zero-order valence-electron chi connectivity index (χ0n) is 7.01. The van der Waals surface area contributed by atoms with Gasteiger partial charge in [-0.25, -0.2) is 4.39 Å². The highest BCUT2D eigenvalue weighted by atomic mass is 19.1. The maximum atomic E-state index is 13.0. The van der Waals surface area contributed by atoms with Gasteiger partial charge < -0.3 is 4.74 Å². The van der Waals surface area contributed by atoms with E-state index in [1.54, 1.807) is 6.07 Å². The van der Waals surface area contributed by atoms with Crippen LogP contribution in [0.3, 0.4) is 0 Å². The predicted molar refractivity (Wildman–Crippen MR) is 44.6 cm³/mol. The van der Waals surface area contributed by atoms with Crippen LogP contribution in [0.5, 0.6) is 0 Å². The molecule has 1 aromatic rings. The first-order valence-corrected chi connectivity index (χ1v) is 4.13. The average molecular weight is 166 g/mol. The highest BCUT2D eigenvalue weighted by molar-refractivity contribution is 5.28. The smallest absolute Gasteiger partial charge is 0.126 e. The quantitative estimate of drug-likeness (QED) is 0.613. The molecule has 0 aromatic heterocycles. The van der Waals surface area contributed by atoms with Crippen LogP contribution in [0.15, 0.2) is 18.2 Å². The highest BCUT2D eigenvalue weighted by Crippen LogP contribution is 2.20. The van der Waals surface area contributed by atoms with Gasteiger partial charge in [-0.05, 0) is 24.1 Å². The Balaban J connectivity index is 2.23. The number of halogens is 1. The van der Waals surface area contributed by atoms with Crippen LogP contribution in [-0.2, 0) is 11.2 Å². The summed E-state index contributed by atoms with van der Waals surface area (Å²) in [6, 6.07) is 5.20. The second-order valence-electron chi connectivity index (χ2n) is 3.18. The van der Waals surface area contributed by atoms with Gasteiger partial charge in [0.05, 0.1) is 12.7 Å². The summed E-state index contributed by atoms with van der Waals surface area (Å²) in [5.41, 5.74) is 1.82. The fourth-order valence-electron chi connectivity index (χ4n) is 1.30. The van der Waals surface area contributed by atoms with Gasteiger partial charge in [0.15, 0.2) is 0 Å². The van der Waals surface area contributed by atoms with Crippen LogP contribution < -0.4 is 0 Å². The molecule has 1 unspecified atom stereocenters. The molecule has 0 spiro atoms. The maximum absolute atomic E-state index is 13.0.